The zero-order valence-corrected chi connectivity index (χ0v) is 8.35. The first-order chi connectivity index (χ1) is 4.31. The molecule has 0 saturated carbocycles. The second kappa shape index (κ2) is 6.81. The fourth-order valence-corrected chi connectivity index (χ4v) is 1.11. The highest BCUT2D eigenvalue weighted by Crippen LogP contribution is 2.11. The van der Waals surface area contributed by atoms with E-state index in [0.29, 0.717) is 4.11 Å². The Balaban J connectivity index is 2.88. The quantitative estimate of drug-likeness (QED) is 0.409. The lowest BCUT2D eigenvalue weighted by atomic mass is 10.2. The average Bonchev–Trinajstić information content (AvgIpc) is 1.89. The molecule has 0 saturated heterocycles. The van der Waals surface area contributed by atoms with E-state index >= 15 is 0 Å². The highest BCUT2D eigenvalue weighted by Gasteiger charge is 1.98. The smallest absolute Gasteiger partial charge is 0.108 e. The maximum absolute atomic E-state index is 5.08. The molecular formula is C7H15IO. The Hall–Kier alpha value is 0.690. The van der Waals surface area contributed by atoms with Crippen molar-refractivity contribution in [1.82, 2.24) is 0 Å². The Morgan fingerprint density at radius 2 is 2.11 bits per heavy atom. The summed E-state index contributed by atoms with van der Waals surface area (Å²) < 4.78 is 5.51. The van der Waals surface area contributed by atoms with Crippen molar-refractivity contribution in [2.24, 2.45) is 0 Å². The Labute approximate surface area is 71.3 Å². The molecule has 0 N–H and O–H groups in total. The van der Waals surface area contributed by atoms with Gasteiger partial charge in [-0.3, -0.25) is 0 Å². The summed E-state index contributed by atoms with van der Waals surface area (Å²) in [7, 11) is 1.77. The number of alkyl halides is 1. The van der Waals surface area contributed by atoms with E-state index in [4.69, 9.17) is 4.74 Å². The fraction of sp³-hybridized carbons (Fsp3) is 1.00. The third kappa shape index (κ3) is 6.58. The summed E-state index contributed by atoms with van der Waals surface area (Å²) in [6, 6.07) is 0. The molecule has 2 heteroatoms. The lowest BCUT2D eigenvalue weighted by molar-refractivity contribution is 0.176. The lowest BCUT2D eigenvalue weighted by Gasteiger charge is -2.05. The minimum absolute atomic E-state index is 0.425. The van der Waals surface area contributed by atoms with Crippen LogP contribution in [-0.2, 0) is 4.74 Å². The number of unbranched alkanes of at least 4 members (excludes halogenated alkanes) is 2. The molecule has 1 unspecified atom stereocenters. The molecule has 0 rings (SSSR count). The predicted octanol–water partition coefficient (Wildman–Crippen LogP) is 2.97. The summed E-state index contributed by atoms with van der Waals surface area (Å²) in [5.41, 5.74) is 0. The van der Waals surface area contributed by atoms with E-state index in [0.717, 1.165) is 0 Å². The van der Waals surface area contributed by atoms with E-state index < -0.39 is 0 Å². The summed E-state index contributed by atoms with van der Waals surface area (Å²) in [6.07, 6.45) is 5.14. The molecule has 0 aromatic heterocycles. The maximum atomic E-state index is 5.08. The fourth-order valence-electron chi connectivity index (χ4n) is 0.673. The molecule has 0 aliphatic heterocycles. The Kier molecular flexibility index (Phi) is 7.33. The largest absolute Gasteiger partial charge is 0.371 e. The van der Waals surface area contributed by atoms with Crippen LogP contribution in [-0.4, -0.2) is 11.2 Å². The van der Waals surface area contributed by atoms with Gasteiger partial charge in [-0.2, -0.15) is 0 Å². The van der Waals surface area contributed by atoms with E-state index in [9.17, 15) is 0 Å². The molecule has 9 heavy (non-hydrogen) atoms. The van der Waals surface area contributed by atoms with Gasteiger partial charge in [-0.15, -0.1) is 0 Å². The second-order valence-electron chi connectivity index (χ2n) is 2.14. The van der Waals surface area contributed by atoms with Crippen molar-refractivity contribution in [2.75, 3.05) is 7.11 Å². The summed E-state index contributed by atoms with van der Waals surface area (Å²) >= 11 is 2.32. The van der Waals surface area contributed by atoms with Crippen LogP contribution in [0, 0.1) is 0 Å². The maximum Gasteiger partial charge on any atom is 0.108 e. The van der Waals surface area contributed by atoms with Gasteiger partial charge in [0.1, 0.15) is 4.11 Å². The summed E-state index contributed by atoms with van der Waals surface area (Å²) in [6.45, 7) is 2.22. The number of methoxy groups -OCH3 is 1. The van der Waals surface area contributed by atoms with E-state index in [1.165, 1.54) is 25.7 Å². The average molecular weight is 242 g/mol. The number of rotatable bonds is 5. The van der Waals surface area contributed by atoms with Crippen molar-refractivity contribution in [3.8, 4) is 0 Å². The molecule has 1 atom stereocenters. The van der Waals surface area contributed by atoms with Crippen LogP contribution in [0.3, 0.4) is 0 Å². The summed E-state index contributed by atoms with van der Waals surface area (Å²) in [4.78, 5) is 0. The van der Waals surface area contributed by atoms with Crippen LogP contribution < -0.4 is 0 Å². The number of ether oxygens (including phenoxy) is 1. The number of halogens is 1. The predicted molar refractivity (Wildman–Crippen MR) is 49.0 cm³/mol. The van der Waals surface area contributed by atoms with Crippen molar-refractivity contribution in [3.63, 3.8) is 0 Å². The zero-order chi connectivity index (χ0) is 7.11. The van der Waals surface area contributed by atoms with Gasteiger partial charge in [0, 0.05) is 7.11 Å². The van der Waals surface area contributed by atoms with Crippen LogP contribution >= 0.6 is 22.6 Å². The SMILES string of the molecule is CCCCCC(I)OC. The van der Waals surface area contributed by atoms with Crippen molar-refractivity contribution < 1.29 is 4.74 Å². The van der Waals surface area contributed by atoms with Gasteiger partial charge < -0.3 is 4.74 Å². The zero-order valence-electron chi connectivity index (χ0n) is 6.19. The molecule has 1 nitrogen and oxygen atoms in total. The first-order valence-corrected chi connectivity index (χ1v) is 4.72. The first kappa shape index (κ1) is 9.69. The molecule has 0 amide bonds. The molecule has 0 aliphatic carbocycles. The Morgan fingerprint density at radius 1 is 1.44 bits per heavy atom. The highest BCUT2D eigenvalue weighted by molar-refractivity contribution is 14.1. The van der Waals surface area contributed by atoms with Gasteiger partial charge in [-0.05, 0) is 6.42 Å². The van der Waals surface area contributed by atoms with Gasteiger partial charge in [0.05, 0.1) is 0 Å². The summed E-state index contributed by atoms with van der Waals surface area (Å²) in [5, 5.41) is 0. The van der Waals surface area contributed by atoms with Gasteiger partial charge in [0.25, 0.3) is 0 Å². The molecule has 56 valence electrons. The third-order valence-electron chi connectivity index (χ3n) is 1.29. The Bertz CT molecular complexity index is 56.9. The monoisotopic (exact) mass is 242 g/mol. The molecule has 0 spiro atoms. The van der Waals surface area contributed by atoms with E-state index in [1.54, 1.807) is 7.11 Å². The van der Waals surface area contributed by atoms with Crippen molar-refractivity contribution in [1.29, 1.82) is 0 Å². The van der Waals surface area contributed by atoms with Crippen LogP contribution in [0.4, 0.5) is 0 Å². The van der Waals surface area contributed by atoms with Gasteiger partial charge in [-0.1, -0.05) is 48.8 Å². The van der Waals surface area contributed by atoms with Crippen LogP contribution in [0.25, 0.3) is 0 Å². The summed E-state index contributed by atoms with van der Waals surface area (Å²) in [5.74, 6) is 0. The third-order valence-corrected chi connectivity index (χ3v) is 2.42. The van der Waals surface area contributed by atoms with Crippen molar-refractivity contribution >= 4 is 22.6 Å². The Morgan fingerprint density at radius 3 is 2.56 bits per heavy atom. The lowest BCUT2D eigenvalue weighted by Crippen LogP contribution is -1.98. The van der Waals surface area contributed by atoms with Crippen LogP contribution in [0.5, 0.6) is 0 Å². The van der Waals surface area contributed by atoms with Crippen molar-refractivity contribution in [2.45, 2.75) is 36.7 Å². The molecule has 0 aromatic rings. The standard InChI is InChI=1S/C7H15IO/c1-3-4-5-6-7(8)9-2/h7H,3-6H2,1-2H3. The van der Waals surface area contributed by atoms with Gasteiger partial charge in [0.2, 0.25) is 0 Å². The van der Waals surface area contributed by atoms with Gasteiger partial charge >= 0.3 is 0 Å². The molecular weight excluding hydrogens is 227 g/mol. The minimum Gasteiger partial charge on any atom is -0.371 e. The van der Waals surface area contributed by atoms with E-state index in [-0.39, 0.29) is 0 Å². The van der Waals surface area contributed by atoms with Crippen LogP contribution in [0.2, 0.25) is 0 Å². The van der Waals surface area contributed by atoms with Gasteiger partial charge in [-0.25, -0.2) is 0 Å². The molecule has 0 aliphatic rings. The van der Waals surface area contributed by atoms with E-state index in [1.807, 2.05) is 0 Å². The number of hydrogen-bond acceptors (Lipinski definition) is 1. The van der Waals surface area contributed by atoms with Gasteiger partial charge in [0.15, 0.2) is 0 Å². The topological polar surface area (TPSA) is 9.23 Å². The van der Waals surface area contributed by atoms with Crippen LogP contribution in [0.1, 0.15) is 32.6 Å². The first-order valence-electron chi connectivity index (χ1n) is 3.48. The molecule has 0 bridgehead atoms. The highest BCUT2D eigenvalue weighted by atomic mass is 127. The van der Waals surface area contributed by atoms with Crippen molar-refractivity contribution in [3.05, 3.63) is 0 Å². The molecule has 0 fully saturated rings. The molecule has 0 heterocycles. The number of hydrogen-bond donors (Lipinski definition) is 0. The normalized spacial score (nSPS) is 13.7. The van der Waals surface area contributed by atoms with Crippen LogP contribution in [0.15, 0.2) is 0 Å². The minimum atomic E-state index is 0.425. The second-order valence-corrected chi connectivity index (χ2v) is 3.53. The molecule has 0 aromatic carbocycles. The molecule has 0 radical (unpaired) electrons. The van der Waals surface area contributed by atoms with E-state index in [2.05, 4.69) is 29.5 Å².